The summed E-state index contributed by atoms with van der Waals surface area (Å²) >= 11 is 1.67. The average Bonchev–Trinajstić information content (AvgIpc) is 3.08. The largest absolute Gasteiger partial charge is 0.338 e. The lowest BCUT2D eigenvalue weighted by molar-refractivity contribution is 0.0704. The van der Waals surface area contributed by atoms with E-state index >= 15 is 0 Å². The molecule has 1 fully saturated rings. The number of nitrogens with zero attached hydrogens (tertiary/aromatic N) is 3. The molecule has 0 unspecified atom stereocenters. The number of carbonyl (C=O) groups excluding carboxylic acids is 1. The van der Waals surface area contributed by atoms with E-state index in [1.165, 1.54) is 0 Å². The quantitative estimate of drug-likeness (QED) is 0.926. The maximum atomic E-state index is 12.9. The summed E-state index contributed by atoms with van der Waals surface area (Å²) in [5, 5.41) is 9.54. The van der Waals surface area contributed by atoms with Gasteiger partial charge in [0.2, 0.25) is 0 Å². The van der Waals surface area contributed by atoms with Crippen LogP contribution in [0.2, 0.25) is 0 Å². The zero-order valence-electron chi connectivity index (χ0n) is 14.3. The number of carbonyl (C=O) groups is 1. The molecule has 1 aliphatic heterocycles. The molecule has 3 heterocycles. The number of hydrogen-bond donors (Lipinski definition) is 1. The Kier molecular flexibility index (Phi) is 4.80. The molecule has 1 saturated heterocycles. The van der Waals surface area contributed by atoms with Crippen LogP contribution in [-0.4, -0.2) is 39.1 Å². The highest BCUT2D eigenvalue weighted by Gasteiger charge is 2.29. The van der Waals surface area contributed by atoms with Crippen LogP contribution in [0.3, 0.4) is 0 Å². The van der Waals surface area contributed by atoms with Crippen molar-refractivity contribution in [1.82, 2.24) is 20.1 Å². The first-order valence-electron chi connectivity index (χ1n) is 8.30. The Morgan fingerprint density at radius 2 is 2.25 bits per heavy atom. The fraction of sp³-hybridized carbons (Fsp3) is 0.529. The summed E-state index contributed by atoms with van der Waals surface area (Å²) in [4.78, 5) is 31.4. The molecule has 0 bridgehead atoms. The third-order valence-electron chi connectivity index (χ3n) is 4.67. The Bertz CT molecular complexity index is 811. The summed E-state index contributed by atoms with van der Waals surface area (Å²) in [5.41, 5.74) is 2.26. The summed E-state index contributed by atoms with van der Waals surface area (Å²) in [5.74, 6) is 0.0616. The van der Waals surface area contributed by atoms with Gasteiger partial charge in [-0.15, -0.1) is 11.3 Å². The van der Waals surface area contributed by atoms with Crippen LogP contribution in [-0.2, 0) is 6.42 Å². The van der Waals surface area contributed by atoms with Gasteiger partial charge in [0.15, 0.2) is 0 Å². The van der Waals surface area contributed by atoms with Gasteiger partial charge in [-0.2, -0.15) is 5.10 Å². The highest BCUT2D eigenvalue weighted by atomic mass is 32.1. The molecule has 1 atom stereocenters. The number of piperidine rings is 1. The van der Waals surface area contributed by atoms with Crippen molar-refractivity contribution >= 4 is 17.2 Å². The van der Waals surface area contributed by atoms with Gasteiger partial charge in [-0.05, 0) is 38.7 Å². The van der Waals surface area contributed by atoms with Crippen LogP contribution in [0, 0.1) is 13.8 Å². The second-order valence-corrected chi connectivity index (χ2v) is 7.15. The van der Waals surface area contributed by atoms with Crippen molar-refractivity contribution in [2.24, 2.45) is 0 Å². The molecule has 1 N–H and O–H groups in total. The van der Waals surface area contributed by atoms with Crippen molar-refractivity contribution in [3.8, 4) is 0 Å². The second kappa shape index (κ2) is 6.84. The van der Waals surface area contributed by atoms with E-state index < -0.39 is 5.56 Å². The second-order valence-electron chi connectivity index (χ2n) is 6.26. The van der Waals surface area contributed by atoms with Gasteiger partial charge >= 0.3 is 0 Å². The monoisotopic (exact) mass is 346 g/mol. The molecule has 0 spiro atoms. The molecule has 0 radical (unpaired) electrons. The maximum Gasteiger partial charge on any atom is 0.277 e. The molecule has 24 heavy (non-hydrogen) atoms. The number of thiazole rings is 1. The van der Waals surface area contributed by atoms with Crippen LogP contribution in [0.25, 0.3) is 0 Å². The summed E-state index contributed by atoms with van der Waals surface area (Å²) < 4.78 is 0. The van der Waals surface area contributed by atoms with E-state index in [1.807, 2.05) is 0 Å². The molecular weight excluding hydrogens is 324 g/mol. The van der Waals surface area contributed by atoms with Gasteiger partial charge in [-0.1, -0.05) is 6.92 Å². The number of aromatic amines is 1. The van der Waals surface area contributed by atoms with Gasteiger partial charge in [0, 0.05) is 24.4 Å². The standard InChI is InChI=1S/C17H22N4O2S/c1-4-13-9-24-16(18-13)12-6-5-7-21(8-12)17(23)14-10(2)11(3)19-20-15(14)22/h9,12H,4-8H2,1-3H3,(H,20,22)/t12-/m1/s1. The number of aryl methyl sites for hydroxylation is 2. The Hall–Kier alpha value is -2.02. The number of H-pyrrole nitrogens is 1. The van der Waals surface area contributed by atoms with E-state index in [0.29, 0.717) is 24.3 Å². The molecule has 1 aliphatic rings. The normalized spacial score (nSPS) is 18.0. The molecular formula is C17H22N4O2S. The Balaban J connectivity index is 1.83. The van der Waals surface area contributed by atoms with Crippen molar-refractivity contribution < 1.29 is 4.79 Å². The Labute approximate surface area is 144 Å². The smallest absolute Gasteiger partial charge is 0.277 e. The van der Waals surface area contributed by atoms with Gasteiger partial charge in [0.1, 0.15) is 5.56 Å². The number of likely N-dealkylation sites (tertiary alicyclic amines) is 1. The Morgan fingerprint density at radius 3 is 2.96 bits per heavy atom. The topological polar surface area (TPSA) is 79.0 Å². The molecule has 7 heteroatoms. The van der Waals surface area contributed by atoms with Gasteiger partial charge < -0.3 is 4.90 Å². The van der Waals surface area contributed by atoms with Crippen molar-refractivity contribution in [2.75, 3.05) is 13.1 Å². The van der Waals surface area contributed by atoms with E-state index in [0.717, 1.165) is 30.0 Å². The van der Waals surface area contributed by atoms with Crippen LogP contribution in [0.4, 0.5) is 0 Å². The molecule has 6 nitrogen and oxygen atoms in total. The first-order valence-corrected chi connectivity index (χ1v) is 9.18. The van der Waals surface area contributed by atoms with Crippen LogP contribution >= 0.6 is 11.3 Å². The summed E-state index contributed by atoms with van der Waals surface area (Å²) in [7, 11) is 0. The maximum absolute atomic E-state index is 12.9. The van der Waals surface area contributed by atoms with E-state index in [-0.39, 0.29) is 17.4 Å². The molecule has 1 amide bonds. The minimum absolute atomic E-state index is 0.198. The first-order chi connectivity index (χ1) is 11.5. The van der Waals surface area contributed by atoms with Gasteiger partial charge in [-0.3, -0.25) is 9.59 Å². The van der Waals surface area contributed by atoms with Crippen molar-refractivity contribution in [3.05, 3.63) is 43.3 Å². The summed E-state index contributed by atoms with van der Waals surface area (Å²) in [6.07, 6.45) is 2.89. The van der Waals surface area contributed by atoms with Crippen LogP contribution in [0.1, 0.15) is 58.0 Å². The molecule has 0 aromatic carbocycles. The highest BCUT2D eigenvalue weighted by molar-refractivity contribution is 7.09. The summed E-state index contributed by atoms with van der Waals surface area (Å²) in [6, 6.07) is 0. The number of hydrogen-bond acceptors (Lipinski definition) is 5. The van der Waals surface area contributed by atoms with Crippen molar-refractivity contribution in [1.29, 1.82) is 0 Å². The van der Waals surface area contributed by atoms with Crippen molar-refractivity contribution in [2.45, 2.75) is 46.0 Å². The molecule has 128 valence electrons. The van der Waals surface area contributed by atoms with Crippen LogP contribution in [0.5, 0.6) is 0 Å². The number of nitrogens with one attached hydrogen (secondary N) is 1. The van der Waals surface area contributed by atoms with E-state index in [1.54, 1.807) is 30.1 Å². The minimum atomic E-state index is -0.409. The third-order valence-corrected chi connectivity index (χ3v) is 5.73. The van der Waals surface area contributed by atoms with Crippen LogP contribution < -0.4 is 5.56 Å². The molecule has 3 rings (SSSR count). The Morgan fingerprint density at radius 1 is 1.46 bits per heavy atom. The number of amides is 1. The summed E-state index contributed by atoms with van der Waals surface area (Å²) in [6.45, 7) is 6.97. The third kappa shape index (κ3) is 3.13. The number of rotatable bonds is 3. The minimum Gasteiger partial charge on any atom is -0.338 e. The highest BCUT2D eigenvalue weighted by Crippen LogP contribution is 2.30. The van der Waals surface area contributed by atoms with Gasteiger partial charge in [-0.25, -0.2) is 10.1 Å². The fourth-order valence-electron chi connectivity index (χ4n) is 3.08. The van der Waals surface area contributed by atoms with Crippen molar-refractivity contribution in [3.63, 3.8) is 0 Å². The lowest BCUT2D eigenvalue weighted by Gasteiger charge is -2.32. The van der Waals surface area contributed by atoms with Gasteiger partial charge in [0.25, 0.3) is 11.5 Å². The predicted octanol–water partition coefficient (Wildman–Crippen LogP) is 2.43. The lowest BCUT2D eigenvalue weighted by atomic mass is 9.97. The molecule has 2 aromatic heterocycles. The van der Waals surface area contributed by atoms with Crippen LogP contribution in [0.15, 0.2) is 10.2 Å². The zero-order valence-corrected chi connectivity index (χ0v) is 15.1. The predicted molar refractivity (Wildman–Crippen MR) is 93.7 cm³/mol. The molecule has 0 aliphatic carbocycles. The SMILES string of the molecule is CCc1csc([C@@H]2CCCN(C(=O)c3c(C)c(C)n[nH]c3=O)C2)n1. The molecule has 2 aromatic rings. The molecule has 0 saturated carbocycles. The average molecular weight is 346 g/mol. The van der Waals surface area contributed by atoms with E-state index in [2.05, 4.69) is 27.5 Å². The first kappa shape index (κ1) is 16.8. The lowest BCUT2D eigenvalue weighted by Crippen LogP contribution is -2.42. The van der Waals surface area contributed by atoms with E-state index in [9.17, 15) is 9.59 Å². The van der Waals surface area contributed by atoms with E-state index in [4.69, 9.17) is 0 Å². The number of aromatic nitrogens is 3. The van der Waals surface area contributed by atoms with Gasteiger partial charge in [0.05, 0.1) is 16.4 Å². The fourth-order valence-corrected chi connectivity index (χ4v) is 4.11. The zero-order chi connectivity index (χ0) is 17.3.